The first kappa shape index (κ1) is 10.8. The minimum absolute atomic E-state index is 0. The van der Waals surface area contributed by atoms with E-state index in [9.17, 15) is 0 Å². The third-order valence-electron chi connectivity index (χ3n) is 0.554. The van der Waals surface area contributed by atoms with Gasteiger partial charge in [-0.15, -0.1) is 0 Å². The Hall–Kier alpha value is -0.120. The topological polar surface area (TPSA) is 44.0 Å². The van der Waals surface area contributed by atoms with Gasteiger partial charge in [0.15, 0.2) is 0 Å². The van der Waals surface area contributed by atoms with Crippen molar-refractivity contribution in [2.24, 2.45) is 0 Å². The van der Waals surface area contributed by atoms with Gasteiger partial charge in [0.25, 0.3) is 0 Å². The van der Waals surface area contributed by atoms with Crippen LogP contribution in [-0.2, 0) is 4.74 Å². The van der Waals surface area contributed by atoms with Gasteiger partial charge in [0.05, 0.1) is 6.73 Å². The van der Waals surface area contributed by atoms with E-state index in [2.05, 4.69) is 0 Å². The highest BCUT2D eigenvalue weighted by Crippen LogP contribution is 1.74. The fourth-order valence-electron chi connectivity index (χ4n) is 0.274. The van der Waals surface area contributed by atoms with E-state index in [1.54, 1.807) is 0 Å². The third kappa shape index (κ3) is 9.30. The quantitative estimate of drug-likeness (QED) is 0.482. The first-order valence-electron chi connectivity index (χ1n) is 2.50. The second-order valence-corrected chi connectivity index (χ2v) is 1.70. The second kappa shape index (κ2) is 6.88. The second-order valence-electron chi connectivity index (χ2n) is 1.70. The van der Waals surface area contributed by atoms with E-state index in [4.69, 9.17) is 4.74 Å². The van der Waals surface area contributed by atoms with Crippen molar-refractivity contribution in [3.05, 3.63) is 0 Å². The van der Waals surface area contributed by atoms with E-state index in [0.29, 0.717) is 0 Å². The molecule has 0 aliphatic rings. The molecule has 0 rings (SSSR count). The summed E-state index contributed by atoms with van der Waals surface area (Å²) in [6.45, 7) is 3.53. The van der Waals surface area contributed by atoms with E-state index in [1.165, 1.54) is 0 Å². The van der Waals surface area contributed by atoms with Crippen molar-refractivity contribution in [3.8, 4) is 0 Å². The summed E-state index contributed by atoms with van der Waals surface area (Å²) >= 11 is 0. The molecule has 0 radical (unpaired) electrons. The van der Waals surface area contributed by atoms with Gasteiger partial charge >= 0.3 is 0 Å². The lowest BCUT2D eigenvalue weighted by Crippen LogP contribution is -2.15. The molecule has 0 saturated heterocycles. The Bertz CT molecular complexity index is 39.4. The van der Waals surface area contributed by atoms with E-state index in [0.717, 1.165) is 13.3 Å². The highest BCUT2D eigenvalue weighted by atomic mass is 16.5. The van der Waals surface area contributed by atoms with E-state index in [1.807, 2.05) is 25.9 Å². The highest BCUT2D eigenvalue weighted by molar-refractivity contribution is 4.23. The van der Waals surface area contributed by atoms with Crippen LogP contribution < -0.4 is 0 Å². The van der Waals surface area contributed by atoms with Crippen molar-refractivity contribution in [1.82, 2.24) is 4.90 Å². The summed E-state index contributed by atoms with van der Waals surface area (Å²) in [6, 6.07) is 0. The molecule has 0 fully saturated rings. The highest BCUT2D eigenvalue weighted by Gasteiger charge is 1.82. The van der Waals surface area contributed by atoms with Crippen LogP contribution in [0.2, 0.25) is 0 Å². The van der Waals surface area contributed by atoms with Gasteiger partial charge in [0, 0.05) is 6.61 Å². The molecule has 0 aromatic heterocycles. The van der Waals surface area contributed by atoms with Crippen molar-refractivity contribution in [3.63, 3.8) is 0 Å². The molecular weight excluding hydrogens is 106 g/mol. The van der Waals surface area contributed by atoms with E-state index < -0.39 is 0 Å². The van der Waals surface area contributed by atoms with Crippen LogP contribution in [-0.4, -0.2) is 37.8 Å². The summed E-state index contributed by atoms with van der Waals surface area (Å²) in [5, 5.41) is 0. The van der Waals surface area contributed by atoms with Crippen LogP contribution in [0, 0.1) is 0 Å². The molecule has 3 nitrogen and oxygen atoms in total. The van der Waals surface area contributed by atoms with Crippen LogP contribution >= 0.6 is 0 Å². The average Bonchev–Trinajstić information content (AvgIpc) is 1.61. The smallest absolute Gasteiger partial charge is 0.0985 e. The summed E-state index contributed by atoms with van der Waals surface area (Å²) in [7, 11) is 3.96. The van der Waals surface area contributed by atoms with Gasteiger partial charge in [-0.2, -0.15) is 0 Å². The minimum atomic E-state index is 0. The van der Waals surface area contributed by atoms with Crippen molar-refractivity contribution in [1.29, 1.82) is 0 Å². The molecule has 0 aromatic carbocycles. The van der Waals surface area contributed by atoms with Crippen molar-refractivity contribution in [2.75, 3.05) is 27.4 Å². The number of nitrogens with zero attached hydrogens (tertiary/aromatic N) is 1. The predicted octanol–water partition coefficient (Wildman–Crippen LogP) is -0.283. The van der Waals surface area contributed by atoms with Crippen LogP contribution in [0.3, 0.4) is 0 Å². The normalized spacial score (nSPS) is 9.00. The average molecular weight is 121 g/mol. The summed E-state index contributed by atoms with van der Waals surface area (Å²) in [5.74, 6) is 0. The maximum Gasteiger partial charge on any atom is 0.0985 e. The molecule has 0 unspecified atom stereocenters. The standard InChI is InChI=1S/C5H13NO.H2O/c1-4-7-5-6(2)3;/h4-5H2,1-3H3;1H2. The molecule has 0 amide bonds. The van der Waals surface area contributed by atoms with Crippen molar-refractivity contribution in [2.45, 2.75) is 6.92 Å². The molecule has 0 aromatic rings. The van der Waals surface area contributed by atoms with Gasteiger partial charge < -0.3 is 10.2 Å². The zero-order chi connectivity index (χ0) is 5.70. The van der Waals surface area contributed by atoms with Crippen molar-refractivity contribution >= 4 is 0 Å². The Kier molecular flexibility index (Phi) is 9.28. The Morgan fingerprint density at radius 1 is 1.38 bits per heavy atom. The SMILES string of the molecule is CCOCN(C)C.O. The molecule has 0 atom stereocenters. The molecule has 0 heterocycles. The predicted molar refractivity (Wildman–Crippen MR) is 33.8 cm³/mol. The molecule has 3 heteroatoms. The number of hydrogen-bond acceptors (Lipinski definition) is 2. The van der Waals surface area contributed by atoms with Crippen molar-refractivity contribution < 1.29 is 10.2 Å². The number of ether oxygens (including phenoxy) is 1. The molecule has 0 aliphatic carbocycles. The minimum Gasteiger partial charge on any atom is -0.412 e. The third-order valence-corrected chi connectivity index (χ3v) is 0.554. The first-order chi connectivity index (χ1) is 3.27. The molecule has 52 valence electrons. The lowest BCUT2D eigenvalue weighted by Gasteiger charge is -2.07. The van der Waals surface area contributed by atoms with Gasteiger partial charge in [0.2, 0.25) is 0 Å². The fourth-order valence-corrected chi connectivity index (χ4v) is 0.274. The number of hydrogen-bond donors (Lipinski definition) is 0. The maximum absolute atomic E-state index is 5.02. The fraction of sp³-hybridized carbons (Fsp3) is 1.00. The summed E-state index contributed by atoms with van der Waals surface area (Å²) in [5.41, 5.74) is 0. The van der Waals surface area contributed by atoms with Crippen LogP contribution in [0.15, 0.2) is 0 Å². The Morgan fingerprint density at radius 2 is 1.88 bits per heavy atom. The van der Waals surface area contributed by atoms with Gasteiger partial charge in [-0.1, -0.05) is 0 Å². The molecule has 0 bridgehead atoms. The monoisotopic (exact) mass is 121 g/mol. The zero-order valence-electron chi connectivity index (χ0n) is 5.77. The largest absolute Gasteiger partial charge is 0.412 e. The van der Waals surface area contributed by atoms with Gasteiger partial charge in [-0.05, 0) is 21.0 Å². The molecule has 8 heavy (non-hydrogen) atoms. The van der Waals surface area contributed by atoms with Gasteiger partial charge in [-0.3, -0.25) is 4.90 Å². The van der Waals surface area contributed by atoms with Gasteiger partial charge in [0.1, 0.15) is 0 Å². The van der Waals surface area contributed by atoms with Gasteiger partial charge in [-0.25, -0.2) is 0 Å². The maximum atomic E-state index is 5.02. The molecular formula is C5H15NO2. The summed E-state index contributed by atoms with van der Waals surface area (Å²) in [4.78, 5) is 1.99. The zero-order valence-corrected chi connectivity index (χ0v) is 5.77. The molecule has 0 saturated carbocycles. The molecule has 0 spiro atoms. The van der Waals surface area contributed by atoms with E-state index >= 15 is 0 Å². The Balaban J connectivity index is 0. The molecule has 0 aliphatic heterocycles. The lowest BCUT2D eigenvalue weighted by atomic mass is 10.8. The lowest BCUT2D eigenvalue weighted by molar-refractivity contribution is 0.0650. The first-order valence-corrected chi connectivity index (χ1v) is 2.50. The van der Waals surface area contributed by atoms with Crippen LogP contribution in [0.1, 0.15) is 6.92 Å². The summed E-state index contributed by atoms with van der Waals surface area (Å²) < 4.78 is 5.02. The van der Waals surface area contributed by atoms with Crippen LogP contribution in [0.5, 0.6) is 0 Å². The van der Waals surface area contributed by atoms with Crippen LogP contribution in [0.4, 0.5) is 0 Å². The number of rotatable bonds is 3. The van der Waals surface area contributed by atoms with E-state index in [-0.39, 0.29) is 5.48 Å². The Morgan fingerprint density at radius 3 is 2.00 bits per heavy atom. The Labute approximate surface area is 50.6 Å². The summed E-state index contributed by atoms with van der Waals surface area (Å²) in [6.07, 6.45) is 0. The van der Waals surface area contributed by atoms with Crippen LogP contribution in [0.25, 0.3) is 0 Å². The molecule has 2 N–H and O–H groups in total.